The fourth-order valence-electron chi connectivity index (χ4n) is 3.55. The highest BCUT2D eigenvalue weighted by molar-refractivity contribution is 6.22. The molecule has 0 aliphatic carbocycles. The molecule has 1 saturated heterocycles. The molecule has 1 aromatic carbocycles. The molecule has 2 aliphatic rings. The molecule has 0 saturated carbocycles. The summed E-state index contributed by atoms with van der Waals surface area (Å²) in [7, 11) is 0. The van der Waals surface area contributed by atoms with Gasteiger partial charge in [0.05, 0.1) is 11.1 Å². The molecule has 3 rings (SSSR count). The molecular weight excluding hydrogens is 330 g/mol. The minimum atomic E-state index is -0.293. The summed E-state index contributed by atoms with van der Waals surface area (Å²) >= 11 is 0. The fraction of sp³-hybridized carbons (Fsp3) is 0.550. The van der Waals surface area contributed by atoms with Gasteiger partial charge in [0.15, 0.2) is 0 Å². The average molecular weight is 357 g/mol. The third-order valence-electron chi connectivity index (χ3n) is 5.45. The van der Waals surface area contributed by atoms with Gasteiger partial charge >= 0.3 is 0 Å². The second-order valence-electron chi connectivity index (χ2n) is 7.62. The lowest BCUT2D eigenvalue weighted by atomic mass is 9.81. The molecule has 1 fully saturated rings. The largest absolute Gasteiger partial charge is 0.351 e. The Bertz CT molecular complexity index is 723. The van der Waals surface area contributed by atoms with Gasteiger partial charge in [-0.25, -0.2) is 0 Å². The number of nitrogens with zero attached hydrogens (tertiary/aromatic N) is 1. The van der Waals surface area contributed by atoms with Crippen LogP contribution in [0.5, 0.6) is 0 Å². The zero-order valence-corrected chi connectivity index (χ0v) is 15.6. The molecule has 6 heteroatoms. The van der Waals surface area contributed by atoms with Crippen LogP contribution in [0.1, 0.15) is 70.6 Å². The van der Waals surface area contributed by atoms with Gasteiger partial charge in [-0.1, -0.05) is 20.3 Å². The Kier molecular flexibility index (Phi) is 5.41. The van der Waals surface area contributed by atoms with Crippen LogP contribution in [-0.4, -0.2) is 48.8 Å². The van der Waals surface area contributed by atoms with E-state index in [9.17, 15) is 14.4 Å². The quantitative estimate of drug-likeness (QED) is 0.765. The number of hydrogen-bond acceptors (Lipinski definition) is 4. The molecule has 2 N–H and O–H groups in total. The van der Waals surface area contributed by atoms with Crippen LogP contribution < -0.4 is 10.6 Å². The molecule has 0 unspecified atom stereocenters. The van der Waals surface area contributed by atoms with E-state index in [1.165, 1.54) is 4.90 Å². The topological polar surface area (TPSA) is 78.5 Å². The van der Waals surface area contributed by atoms with E-state index in [4.69, 9.17) is 0 Å². The van der Waals surface area contributed by atoms with Crippen LogP contribution in [0.2, 0.25) is 0 Å². The molecule has 0 radical (unpaired) electrons. The third kappa shape index (κ3) is 3.65. The Balaban J connectivity index is 1.69. The van der Waals surface area contributed by atoms with E-state index in [2.05, 4.69) is 17.6 Å². The summed E-state index contributed by atoms with van der Waals surface area (Å²) < 4.78 is 0. The van der Waals surface area contributed by atoms with Gasteiger partial charge in [0.2, 0.25) is 0 Å². The number of unbranched alkanes of at least 4 members (excludes halogenated alkanes) is 1. The highest BCUT2D eigenvalue weighted by Crippen LogP contribution is 2.27. The van der Waals surface area contributed by atoms with Crippen molar-refractivity contribution in [3.05, 3.63) is 34.9 Å². The highest BCUT2D eigenvalue weighted by atomic mass is 16.2. The van der Waals surface area contributed by atoms with E-state index in [1.54, 1.807) is 18.2 Å². The van der Waals surface area contributed by atoms with Crippen molar-refractivity contribution in [2.75, 3.05) is 26.2 Å². The first-order valence-corrected chi connectivity index (χ1v) is 9.44. The number of carbonyl (C=O) groups excluding carboxylic acids is 3. The molecule has 6 nitrogen and oxygen atoms in total. The minimum absolute atomic E-state index is 0.0976. The summed E-state index contributed by atoms with van der Waals surface area (Å²) in [5.41, 5.74) is 1.26. The SMILES string of the molecule is CCCCN1C(=O)c2ccc(C(=O)NCC3(C)CCNCC3)cc2C1=O. The van der Waals surface area contributed by atoms with E-state index in [0.717, 1.165) is 38.8 Å². The first-order valence-electron chi connectivity index (χ1n) is 9.44. The zero-order valence-electron chi connectivity index (χ0n) is 15.6. The normalized spacial score (nSPS) is 18.8. The van der Waals surface area contributed by atoms with Gasteiger partial charge in [0, 0.05) is 18.7 Å². The second-order valence-corrected chi connectivity index (χ2v) is 7.62. The van der Waals surface area contributed by atoms with Gasteiger partial charge in [0.1, 0.15) is 0 Å². The third-order valence-corrected chi connectivity index (χ3v) is 5.45. The van der Waals surface area contributed by atoms with Gasteiger partial charge in [-0.05, 0) is 56.0 Å². The van der Waals surface area contributed by atoms with Crippen LogP contribution in [0, 0.1) is 5.41 Å². The Hall–Kier alpha value is -2.21. The predicted molar refractivity (Wildman–Crippen MR) is 99.3 cm³/mol. The van der Waals surface area contributed by atoms with Crippen LogP contribution in [0.3, 0.4) is 0 Å². The maximum atomic E-state index is 12.5. The number of piperidine rings is 1. The number of nitrogens with one attached hydrogen (secondary N) is 2. The number of imide groups is 1. The summed E-state index contributed by atoms with van der Waals surface area (Å²) in [5, 5.41) is 6.32. The summed E-state index contributed by atoms with van der Waals surface area (Å²) in [6.45, 7) is 7.18. The molecule has 0 aromatic heterocycles. The first kappa shape index (κ1) is 18.6. The average Bonchev–Trinajstić information content (AvgIpc) is 2.89. The maximum Gasteiger partial charge on any atom is 0.261 e. The van der Waals surface area contributed by atoms with Gasteiger partial charge < -0.3 is 10.6 Å². The number of benzene rings is 1. The number of rotatable bonds is 6. The van der Waals surface area contributed by atoms with Crippen LogP contribution in [0.15, 0.2) is 18.2 Å². The van der Waals surface area contributed by atoms with Crippen LogP contribution >= 0.6 is 0 Å². The summed E-state index contributed by atoms with van der Waals surface area (Å²) in [6, 6.07) is 4.79. The standard InChI is InChI=1S/C20H27N3O3/c1-3-4-11-23-18(25)15-6-5-14(12-16(15)19(23)26)17(24)22-13-20(2)7-9-21-10-8-20/h5-6,12,21H,3-4,7-11,13H2,1-2H3,(H,22,24). The van der Waals surface area contributed by atoms with Crippen molar-refractivity contribution in [2.24, 2.45) is 5.41 Å². The molecule has 2 heterocycles. The summed E-state index contributed by atoms with van der Waals surface area (Å²) in [5.74, 6) is -0.745. The monoisotopic (exact) mass is 357 g/mol. The van der Waals surface area contributed by atoms with Crippen molar-refractivity contribution in [3.63, 3.8) is 0 Å². The Morgan fingerprint density at radius 2 is 1.88 bits per heavy atom. The molecular formula is C20H27N3O3. The Morgan fingerprint density at radius 1 is 1.19 bits per heavy atom. The van der Waals surface area contributed by atoms with Crippen molar-refractivity contribution < 1.29 is 14.4 Å². The van der Waals surface area contributed by atoms with Crippen LogP contribution in [-0.2, 0) is 0 Å². The van der Waals surface area contributed by atoms with Crippen molar-refractivity contribution in [3.8, 4) is 0 Å². The molecule has 26 heavy (non-hydrogen) atoms. The molecule has 140 valence electrons. The van der Waals surface area contributed by atoms with Gasteiger partial charge in [-0.15, -0.1) is 0 Å². The van der Waals surface area contributed by atoms with Crippen molar-refractivity contribution in [1.82, 2.24) is 15.5 Å². The number of hydrogen-bond donors (Lipinski definition) is 2. The maximum absolute atomic E-state index is 12.5. The van der Waals surface area contributed by atoms with E-state index in [0.29, 0.717) is 29.8 Å². The minimum Gasteiger partial charge on any atom is -0.351 e. The molecule has 1 aromatic rings. The molecule has 0 bridgehead atoms. The fourth-order valence-corrected chi connectivity index (χ4v) is 3.55. The van der Waals surface area contributed by atoms with Crippen LogP contribution in [0.25, 0.3) is 0 Å². The number of carbonyl (C=O) groups is 3. The molecule has 0 spiro atoms. The van der Waals surface area contributed by atoms with Gasteiger partial charge in [0.25, 0.3) is 17.7 Å². The lowest BCUT2D eigenvalue weighted by molar-refractivity contribution is 0.0652. The first-order chi connectivity index (χ1) is 12.4. The van der Waals surface area contributed by atoms with E-state index in [1.807, 2.05) is 6.92 Å². The van der Waals surface area contributed by atoms with Crippen molar-refractivity contribution in [1.29, 1.82) is 0 Å². The predicted octanol–water partition coefficient (Wildman–Crippen LogP) is 2.20. The van der Waals surface area contributed by atoms with E-state index >= 15 is 0 Å². The van der Waals surface area contributed by atoms with E-state index in [-0.39, 0.29) is 23.1 Å². The summed E-state index contributed by atoms with van der Waals surface area (Å²) in [4.78, 5) is 38.7. The number of fused-ring (bicyclic) bond motifs is 1. The molecule has 2 aliphatic heterocycles. The smallest absolute Gasteiger partial charge is 0.261 e. The highest BCUT2D eigenvalue weighted by Gasteiger charge is 2.35. The van der Waals surface area contributed by atoms with Crippen molar-refractivity contribution >= 4 is 17.7 Å². The molecule has 3 amide bonds. The zero-order chi connectivity index (χ0) is 18.7. The Morgan fingerprint density at radius 3 is 2.58 bits per heavy atom. The molecule has 0 atom stereocenters. The Labute approximate surface area is 154 Å². The summed E-state index contributed by atoms with van der Waals surface area (Å²) in [6.07, 6.45) is 3.75. The van der Waals surface area contributed by atoms with Crippen molar-refractivity contribution in [2.45, 2.75) is 39.5 Å². The van der Waals surface area contributed by atoms with Gasteiger partial charge in [-0.2, -0.15) is 0 Å². The lowest BCUT2D eigenvalue weighted by Gasteiger charge is -2.34. The van der Waals surface area contributed by atoms with Gasteiger partial charge in [-0.3, -0.25) is 19.3 Å². The second kappa shape index (κ2) is 7.58. The lowest BCUT2D eigenvalue weighted by Crippen LogP contribution is -2.42. The number of amides is 3. The van der Waals surface area contributed by atoms with Crippen LogP contribution in [0.4, 0.5) is 0 Å². The van der Waals surface area contributed by atoms with E-state index < -0.39 is 0 Å².